The summed E-state index contributed by atoms with van der Waals surface area (Å²) in [6, 6.07) is 8.74. The van der Waals surface area contributed by atoms with Crippen LogP contribution in [0, 0.1) is 23.3 Å². The maximum atomic E-state index is 14.1. The SMILES string of the molecule is FSc1c(F)c(F)c(NC(=S)N2CCN(C3Cc4ccccc4C3)CC2)c(F)c1F. The number of nitrogens with zero attached hydrogens (tertiary/aromatic N) is 2. The zero-order chi connectivity index (χ0) is 21.4. The molecule has 1 aliphatic carbocycles. The van der Waals surface area contributed by atoms with Crippen molar-refractivity contribution in [1.82, 2.24) is 9.80 Å². The molecule has 1 heterocycles. The second-order valence-corrected chi connectivity index (χ2v) is 8.27. The largest absolute Gasteiger partial charge is 0.346 e. The lowest BCUT2D eigenvalue weighted by atomic mass is 10.1. The zero-order valence-corrected chi connectivity index (χ0v) is 17.4. The van der Waals surface area contributed by atoms with Crippen LogP contribution in [-0.2, 0) is 12.8 Å². The summed E-state index contributed by atoms with van der Waals surface area (Å²) in [5.74, 6) is -7.01. The topological polar surface area (TPSA) is 18.5 Å². The molecular formula is C20H18F5N3S2. The van der Waals surface area contributed by atoms with Crippen LogP contribution in [0.4, 0.5) is 27.1 Å². The predicted octanol–water partition coefficient (Wildman–Crippen LogP) is 4.70. The first-order valence-electron chi connectivity index (χ1n) is 9.42. The highest BCUT2D eigenvalue weighted by atomic mass is 32.2. The van der Waals surface area contributed by atoms with Crippen LogP contribution in [0.1, 0.15) is 11.1 Å². The number of piperazine rings is 1. The summed E-state index contributed by atoms with van der Waals surface area (Å²) >= 11 is 4.30. The Hall–Kier alpha value is -1.91. The van der Waals surface area contributed by atoms with E-state index in [0.717, 1.165) is 12.8 Å². The van der Waals surface area contributed by atoms with Gasteiger partial charge in [-0.2, -0.15) is 3.89 Å². The van der Waals surface area contributed by atoms with Crippen molar-refractivity contribution in [2.24, 2.45) is 0 Å². The Morgan fingerprint density at radius 3 is 1.93 bits per heavy atom. The lowest BCUT2D eigenvalue weighted by Gasteiger charge is -2.39. The molecule has 160 valence electrons. The molecule has 30 heavy (non-hydrogen) atoms. The predicted molar refractivity (Wildman–Crippen MR) is 110 cm³/mol. The van der Waals surface area contributed by atoms with Crippen LogP contribution in [0.5, 0.6) is 0 Å². The van der Waals surface area contributed by atoms with Gasteiger partial charge in [-0.05, 0) is 36.2 Å². The molecule has 0 unspecified atom stereocenters. The Kier molecular flexibility index (Phi) is 6.17. The minimum atomic E-state index is -1.79. The molecule has 1 saturated heterocycles. The molecular weight excluding hydrogens is 441 g/mol. The van der Waals surface area contributed by atoms with Crippen LogP contribution in [0.25, 0.3) is 0 Å². The van der Waals surface area contributed by atoms with Crippen molar-refractivity contribution in [2.75, 3.05) is 31.5 Å². The molecule has 0 spiro atoms. The number of benzene rings is 2. The van der Waals surface area contributed by atoms with Gasteiger partial charge in [0.1, 0.15) is 10.6 Å². The van der Waals surface area contributed by atoms with Crippen molar-refractivity contribution >= 4 is 35.2 Å². The summed E-state index contributed by atoms with van der Waals surface area (Å²) in [6.07, 6.45) is 1.96. The molecule has 10 heteroatoms. The van der Waals surface area contributed by atoms with Crippen molar-refractivity contribution < 1.29 is 21.4 Å². The lowest BCUT2D eigenvalue weighted by Crippen LogP contribution is -2.53. The van der Waals surface area contributed by atoms with Gasteiger partial charge in [-0.25, -0.2) is 17.6 Å². The van der Waals surface area contributed by atoms with E-state index < -0.39 is 46.0 Å². The van der Waals surface area contributed by atoms with Gasteiger partial charge in [0, 0.05) is 32.2 Å². The molecule has 2 aliphatic rings. The average Bonchev–Trinajstić information content (AvgIpc) is 3.20. The van der Waals surface area contributed by atoms with Crippen LogP contribution >= 0.6 is 24.4 Å². The molecule has 0 amide bonds. The number of nitrogens with one attached hydrogen (secondary N) is 1. The van der Waals surface area contributed by atoms with Crippen molar-refractivity contribution in [3.8, 4) is 0 Å². The molecule has 0 atom stereocenters. The van der Waals surface area contributed by atoms with E-state index in [1.807, 2.05) is 12.1 Å². The zero-order valence-electron chi connectivity index (χ0n) is 15.7. The van der Waals surface area contributed by atoms with Crippen LogP contribution in [0.3, 0.4) is 0 Å². The summed E-state index contributed by atoms with van der Waals surface area (Å²) < 4.78 is 68.4. The minimum absolute atomic E-state index is 0.0402. The van der Waals surface area contributed by atoms with Gasteiger partial charge in [-0.1, -0.05) is 24.3 Å². The molecule has 4 rings (SSSR count). The van der Waals surface area contributed by atoms with Crippen LogP contribution in [0.2, 0.25) is 0 Å². The van der Waals surface area contributed by atoms with E-state index in [-0.39, 0.29) is 5.11 Å². The Morgan fingerprint density at radius 2 is 1.43 bits per heavy atom. The first-order chi connectivity index (χ1) is 14.4. The van der Waals surface area contributed by atoms with Gasteiger partial charge < -0.3 is 10.2 Å². The summed E-state index contributed by atoms with van der Waals surface area (Å²) in [7, 11) is 0. The molecule has 0 saturated carbocycles. The third-order valence-electron chi connectivity index (χ3n) is 5.68. The Morgan fingerprint density at radius 1 is 0.900 bits per heavy atom. The molecule has 1 aliphatic heterocycles. The van der Waals surface area contributed by atoms with Gasteiger partial charge in [0.25, 0.3) is 0 Å². The number of hydrogen-bond acceptors (Lipinski definition) is 3. The first-order valence-corrected chi connectivity index (χ1v) is 10.5. The Balaban J connectivity index is 1.39. The second-order valence-electron chi connectivity index (χ2n) is 7.32. The van der Waals surface area contributed by atoms with Crippen molar-refractivity contribution in [3.63, 3.8) is 0 Å². The van der Waals surface area contributed by atoms with Crippen molar-refractivity contribution in [2.45, 2.75) is 23.8 Å². The molecule has 0 aromatic heterocycles. The molecule has 1 N–H and O–H groups in total. The van der Waals surface area contributed by atoms with Crippen LogP contribution in [-0.4, -0.2) is 47.1 Å². The monoisotopic (exact) mass is 459 g/mol. The minimum Gasteiger partial charge on any atom is -0.346 e. The van der Waals surface area contributed by atoms with E-state index >= 15 is 0 Å². The standard InChI is InChI=1S/C20H18F5N3S2/c21-14-16(23)19(30-25)17(24)15(22)18(14)26-20(29)28-7-5-27(6-8-28)13-9-11-3-1-2-4-12(11)10-13/h1-4,13H,5-10H2,(H,26,29). The fraction of sp³-hybridized carbons (Fsp3) is 0.350. The Labute approximate surface area is 180 Å². The average molecular weight is 460 g/mol. The number of fused-ring (bicyclic) bond motifs is 1. The van der Waals surface area contributed by atoms with Crippen molar-refractivity contribution in [3.05, 3.63) is 58.7 Å². The fourth-order valence-corrected chi connectivity index (χ4v) is 4.66. The maximum absolute atomic E-state index is 14.1. The number of anilines is 1. The highest BCUT2D eigenvalue weighted by Crippen LogP contribution is 2.34. The van der Waals surface area contributed by atoms with Crippen LogP contribution in [0.15, 0.2) is 29.2 Å². The first kappa shape index (κ1) is 21.3. The normalized spacial score (nSPS) is 17.3. The molecule has 0 bridgehead atoms. The highest BCUT2D eigenvalue weighted by Gasteiger charge is 2.31. The van der Waals surface area contributed by atoms with Crippen molar-refractivity contribution in [1.29, 1.82) is 0 Å². The van der Waals surface area contributed by atoms with E-state index in [1.54, 1.807) is 4.90 Å². The summed E-state index contributed by atoms with van der Waals surface area (Å²) in [6.45, 7) is 2.41. The quantitative estimate of drug-likeness (QED) is 0.406. The van der Waals surface area contributed by atoms with Gasteiger partial charge in [-0.3, -0.25) is 4.90 Å². The summed E-state index contributed by atoms with van der Waals surface area (Å²) in [4.78, 5) is 2.69. The van der Waals surface area contributed by atoms with Gasteiger partial charge in [-0.15, -0.1) is 0 Å². The van der Waals surface area contributed by atoms with Crippen LogP contribution < -0.4 is 5.32 Å². The van der Waals surface area contributed by atoms with Gasteiger partial charge in [0.05, 0.1) is 12.1 Å². The smallest absolute Gasteiger partial charge is 0.186 e. The summed E-state index contributed by atoms with van der Waals surface area (Å²) in [5, 5.41) is 2.22. The molecule has 2 aromatic carbocycles. The third-order valence-corrected chi connectivity index (χ3v) is 6.55. The number of hydrogen-bond donors (Lipinski definition) is 1. The number of thiocarbonyl (C=S) groups is 1. The van der Waals surface area contributed by atoms with E-state index in [1.165, 1.54) is 11.1 Å². The van der Waals surface area contributed by atoms with E-state index in [2.05, 4.69) is 22.3 Å². The third kappa shape index (κ3) is 3.88. The second kappa shape index (κ2) is 8.68. The maximum Gasteiger partial charge on any atom is 0.186 e. The molecule has 0 radical (unpaired) electrons. The molecule has 2 aromatic rings. The van der Waals surface area contributed by atoms with E-state index in [0.29, 0.717) is 32.2 Å². The van der Waals surface area contributed by atoms with Gasteiger partial charge in [0.15, 0.2) is 28.4 Å². The molecule has 3 nitrogen and oxygen atoms in total. The fourth-order valence-electron chi connectivity index (χ4n) is 4.06. The lowest BCUT2D eigenvalue weighted by molar-refractivity contribution is 0.137. The number of rotatable bonds is 3. The van der Waals surface area contributed by atoms with E-state index in [9.17, 15) is 21.4 Å². The van der Waals surface area contributed by atoms with E-state index in [4.69, 9.17) is 12.2 Å². The highest BCUT2D eigenvalue weighted by molar-refractivity contribution is 7.94. The van der Waals surface area contributed by atoms with Gasteiger partial charge in [0.2, 0.25) is 0 Å². The van der Waals surface area contributed by atoms with Gasteiger partial charge >= 0.3 is 0 Å². The summed E-state index contributed by atoms with van der Waals surface area (Å²) in [5.41, 5.74) is 1.65. The molecule has 1 fully saturated rings. The number of halogens is 5. The Bertz CT molecular complexity index is 925.